The van der Waals surface area contributed by atoms with Gasteiger partial charge in [-0.3, -0.25) is 0 Å². The second-order valence-corrected chi connectivity index (χ2v) is 3.69. The number of rotatable bonds is 2. The molecule has 2 rings (SSSR count). The van der Waals surface area contributed by atoms with Crippen LogP contribution in [-0.4, -0.2) is 16.1 Å². The van der Waals surface area contributed by atoms with Gasteiger partial charge >= 0.3 is 0 Å². The topological polar surface area (TPSA) is 29.9 Å². The molecule has 0 bridgehead atoms. The van der Waals surface area contributed by atoms with E-state index in [-0.39, 0.29) is 0 Å². The summed E-state index contributed by atoms with van der Waals surface area (Å²) in [5.74, 6) is 0. The molecule has 1 aliphatic carbocycles. The van der Waals surface area contributed by atoms with E-state index in [9.17, 15) is 0 Å². The number of aromatic nitrogens is 2. The molecule has 0 spiro atoms. The highest BCUT2D eigenvalue weighted by Crippen LogP contribution is 2.27. The van der Waals surface area contributed by atoms with Crippen LogP contribution in [0, 0.1) is 0 Å². The van der Waals surface area contributed by atoms with Gasteiger partial charge in [-0.2, -0.15) is 0 Å². The van der Waals surface area contributed by atoms with Crippen molar-refractivity contribution < 1.29 is 0 Å². The molecule has 0 amide bonds. The summed E-state index contributed by atoms with van der Waals surface area (Å²) in [6.07, 6.45) is 5.64. The van der Waals surface area contributed by atoms with Gasteiger partial charge < -0.3 is 9.88 Å². The average Bonchev–Trinajstić information content (AvgIpc) is 2.50. The van der Waals surface area contributed by atoms with Crippen LogP contribution >= 0.6 is 0 Å². The summed E-state index contributed by atoms with van der Waals surface area (Å²) < 4.78 is 2.15. The third kappa shape index (κ3) is 1.48. The molecule has 0 saturated carbocycles. The van der Waals surface area contributed by atoms with E-state index in [4.69, 9.17) is 0 Å². The molecule has 1 aliphatic rings. The molecular formula is C10H17N3. The van der Waals surface area contributed by atoms with Crippen molar-refractivity contribution in [2.24, 2.45) is 7.05 Å². The molecule has 3 nitrogen and oxygen atoms in total. The Hall–Kier alpha value is -0.830. The van der Waals surface area contributed by atoms with Crippen LogP contribution < -0.4 is 5.32 Å². The zero-order valence-electron chi connectivity index (χ0n) is 8.38. The SMILES string of the molecule is CCN[C@@H]1CCCc2c1ncn2C. The summed E-state index contributed by atoms with van der Waals surface area (Å²) in [6.45, 7) is 3.18. The number of imidazole rings is 1. The smallest absolute Gasteiger partial charge is 0.0949 e. The fourth-order valence-electron chi connectivity index (χ4n) is 2.12. The predicted octanol–water partition coefficient (Wildman–Crippen LogP) is 1.41. The Balaban J connectivity index is 2.27. The average molecular weight is 179 g/mol. The van der Waals surface area contributed by atoms with Gasteiger partial charge in [-0.1, -0.05) is 6.92 Å². The Bertz CT molecular complexity index is 290. The van der Waals surface area contributed by atoms with E-state index in [1.54, 1.807) is 0 Å². The molecule has 1 aromatic rings. The molecule has 1 atom stereocenters. The molecule has 1 heterocycles. The standard InChI is InChI=1S/C10H17N3/c1-3-11-8-5-4-6-9-10(8)12-7-13(9)2/h7-8,11H,3-6H2,1-2H3/t8-/m1/s1. The van der Waals surface area contributed by atoms with Gasteiger partial charge in [-0.25, -0.2) is 4.98 Å². The third-order valence-electron chi connectivity index (χ3n) is 2.78. The highest BCUT2D eigenvalue weighted by Gasteiger charge is 2.22. The van der Waals surface area contributed by atoms with Crippen LogP contribution in [-0.2, 0) is 13.5 Å². The molecule has 0 saturated heterocycles. The number of nitrogens with zero attached hydrogens (tertiary/aromatic N) is 2. The molecule has 1 N–H and O–H groups in total. The number of aryl methyl sites for hydroxylation is 1. The van der Waals surface area contributed by atoms with Crippen molar-refractivity contribution in [3.63, 3.8) is 0 Å². The molecule has 0 unspecified atom stereocenters. The van der Waals surface area contributed by atoms with Crippen molar-refractivity contribution in [2.45, 2.75) is 32.2 Å². The second-order valence-electron chi connectivity index (χ2n) is 3.69. The van der Waals surface area contributed by atoms with Crippen LogP contribution in [0.15, 0.2) is 6.33 Å². The fraction of sp³-hybridized carbons (Fsp3) is 0.700. The van der Waals surface area contributed by atoms with Crippen molar-refractivity contribution in [1.82, 2.24) is 14.9 Å². The van der Waals surface area contributed by atoms with Crippen LogP contribution in [0.4, 0.5) is 0 Å². The van der Waals surface area contributed by atoms with Gasteiger partial charge in [0.25, 0.3) is 0 Å². The Morgan fingerprint density at radius 2 is 2.54 bits per heavy atom. The number of nitrogens with one attached hydrogen (secondary N) is 1. The monoisotopic (exact) mass is 179 g/mol. The number of fused-ring (bicyclic) bond motifs is 1. The molecule has 13 heavy (non-hydrogen) atoms. The highest BCUT2D eigenvalue weighted by atomic mass is 15.1. The Labute approximate surface area is 79.2 Å². The zero-order valence-corrected chi connectivity index (χ0v) is 8.38. The minimum atomic E-state index is 0.495. The molecule has 3 heteroatoms. The van der Waals surface area contributed by atoms with Gasteiger partial charge in [0.1, 0.15) is 0 Å². The first kappa shape index (κ1) is 8.75. The molecule has 0 fully saturated rings. The summed E-state index contributed by atoms with van der Waals surface area (Å²) in [5, 5.41) is 3.48. The molecule has 0 aliphatic heterocycles. The van der Waals surface area contributed by atoms with Gasteiger partial charge in [-0.05, 0) is 25.8 Å². The Morgan fingerprint density at radius 1 is 1.69 bits per heavy atom. The van der Waals surface area contributed by atoms with E-state index in [0.717, 1.165) is 6.54 Å². The molecular weight excluding hydrogens is 162 g/mol. The van der Waals surface area contributed by atoms with Crippen LogP contribution in [0.2, 0.25) is 0 Å². The lowest BCUT2D eigenvalue weighted by Crippen LogP contribution is -2.25. The first-order valence-electron chi connectivity index (χ1n) is 5.06. The van der Waals surface area contributed by atoms with Crippen LogP contribution in [0.5, 0.6) is 0 Å². The number of hydrogen-bond acceptors (Lipinski definition) is 2. The minimum Gasteiger partial charge on any atom is -0.337 e. The lowest BCUT2D eigenvalue weighted by molar-refractivity contribution is 0.457. The third-order valence-corrected chi connectivity index (χ3v) is 2.78. The zero-order chi connectivity index (χ0) is 9.26. The lowest BCUT2D eigenvalue weighted by atomic mass is 9.96. The summed E-state index contributed by atoms with van der Waals surface area (Å²) >= 11 is 0. The van der Waals surface area contributed by atoms with Gasteiger partial charge in [-0.15, -0.1) is 0 Å². The van der Waals surface area contributed by atoms with E-state index < -0.39 is 0 Å². The van der Waals surface area contributed by atoms with Gasteiger partial charge in [0.05, 0.1) is 18.1 Å². The van der Waals surface area contributed by atoms with Crippen LogP contribution in [0.3, 0.4) is 0 Å². The van der Waals surface area contributed by atoms with E-state index >= 15 is 0 Å². The van der Waals surface area contributed by atoms with Gasteiger partial charge in [0.2, 0.25) is 0 Å². The second kappa shape index (κ2) is 3.50. The molecule has 72 valence electrons. The highest BCUT2D eigenvalue weighted by molar-refractivity contribution is 5.20. The van der Waals surface area contributed by atoms with Crippen molar-refractivity contribution in [1.29, 1.82) is 0 Å². The van der Waals surface area contributed by atoms with Crippen LogP contribution in [0.25, 0.3) is 0 Å². The van der Waals surface area contributed by atoms with E-state index in [1.807, 2.05) is 6.33 Å². The molecule has 1 aromatic heterocycles. The summed E-state index contributed by atoms with van der Waals surface area (Å²) in [5.41, 5.74) is 2.69. The van der Waals surface area contributed by atoms with Crippen molar-refractivity contribution in [3.8, 4) is 0 Å². The number of hydrogen-bond donors (Lipinski definition) is 1. The summed E-state index contributed by atoms with van der Waals surface area (Å²) in [7, 11) is 2.08. The van der Waals surface area contributed by atoms with Crippen molar-refractivity contribution >= 4 is 0 Å². The predicted molar refractivity (Wildman–Crippen MR) is 52.6 cm³/mol. The normalized spacial score (nSPS) is 21.5. The maximum absolute atomic E-state index is 4.46. The summed E-state index contributed by atoms with van der Waals surface area (Å²) in [6, 6.07) is 0.495. The Kier molecular flexibility index (Phi) is 2.36. The fourth-order valence-corrected chi connectivity index (χ4v) is 2.12. The van der Waals surface area contributed by atoms with E-state index in [2.05, 4.69) is 28.8 Å². The van der Waals surface area contributed by atoms with Gasteiger partial charge in [0, 0.05) is 12.7 Å². The van der Waals surface area contributed by atoms with Crippen LogP contribution in [0.1, 0.15) is 37.2 Å². The van der Waals surface area contributed by atoms with E-state index in [1.165, 1.54) is 30.7 Å². The van der Waals surface area contributed by atoms with Crippen molar-refractivity contribution in [2.75, 3.05) is 6.54 Å². The largest absolute Gasteiger partial charge is 0.337 e. The molecule has 0 radical (unpaired) electrons. The van der Waals surface area contributed by atoms with Crippen molar-refractivity contribution in [3.05, 3.63) is 17.7 Å². The quantitative estimate of drug-likeness (QED) is 0.744. The minimum absolute atomic E-state index is 0.495. The Morgan fingerprint density at radius 3 is 3.31 bits per heavy atom. The first-order chi connectivity index (χ1) is 6.33. The maximum Gasteiger partial charge on any atom is 0.0949 e. The maximum atomic E-state index is 4.46. The summed E-state index contributed by atoms with van der Waals surface area (Å²) in [4.78, 5) is 4.46. The lowest BCUT2D eigenvalue weighted by Gasteiger charge is -2.22. The van der Waals surface area contributed by atoms with Gasteiger partial charge in [0.15, 0.2) is 0 Å². The molecule has 0 aromatic carbocycles. The first-order valence-corrected chi connectivity index (χ1v) is 5.06. The van der Waals surface area contributed by atoms with E-state index in [0.29, 0.717) is 6.04 Å².